The minimum Gasteiger partial charge on any atom is -0.496 e. The Morgan fingerprint density at radius 3 is 2.38 bits per heavy atom. The molecule has 2 rings (SSSR count). The maximum atomic E-state index is 14.1. The maximum absolute atomic E-state index is 14.1. The zero-order chi connectivity index (χ0) is 15.6. The summed E-state index contributed by atoms with van der Waals surface area (Å²) >= 11 is 0. The number of ether oxygens (including phenoxy) is 1. The molecule has 3 N–H and O–H groups in total. The van der Waals surface area contributed by atoms with Gasteiger partial charge in [0.25, 0.3) is 0 Å². The molecule has 2 aromatic carbocycles. The van der Waals surface area contributed by atoms with Crippen LogP contribution in [0.1, 0.15) is 28.3 Å². The summed E-state index contributed by atoms with van der Waals surface area (Å²) in [4.78, 5) is 0. The Morgan fingerprint density at radius 2 is 1.76 bits per heavy atom. The molecule has 0 aromatic heterocycles. The van der Waals surface area contributed by atoms with E-state index in [1.54, 1.807) is 13.0 Å². The molecule has 0 radical (unpaired) electrons. The smallest absolute Gasteiger partial charge is 0.131 e. The molecule has 0 spiro atoms. The lowest BCUT2D eigenvalue weighted by Gasteiger charge is -2.21. The minimum atomic E-state index is -0.649. The fraction of sp³-hybridized carbons (Fsp3) is 0.250. The molecule has 0 saturated carbocycles. The minimum absolute atomic E-state index is 0.278. The molecule has 0 aliphatic carbocycles. The lowest BCUT2D eigenvalue weighted by Crippen LogP contribution is -2.30. The zero-order valence-corrected chi connectivity index (χ0v) is 12.2. The number of methoxy groups -OCH3 is 1. The molecular formula is C16H18F2N2O. The van der Waals surface area contributed by atoms with E-state index in [1.807, 2.05) is 19.1 Å². The van der Waals surface area contributed by atoms with Crippen molar-refractivity contribution in [2.24, 2.45) is 5.84 Å². The standard InChI is InChI=1S/C16H18F2N2O/c1-9-4-5-15(21-3)12(6-9)16(20-19)11-7-10(2)13(17)8-14(11)18/h4-8,16,20H,19H2,1-3H3. The lowest BCUT2D eigenvalue weighted by atomic mass is 9.95. The Morgan fingerprint density at radius 1 is 1.05 bits per heavy atom. The van der Waals surface area contributed by atoms with Crippen molar-refractivity contribution < 1.29 is 13.5 Å². The van der Waals surface area contributed by atoms with Crippen molar-refractivity contribution in [1.82, 2.24) is 5.43 Å². The molecule has 2 aromatic rings. The van der Waals surface area contributed by atoms with Crippen molar-refractivity contribution in [2.75, 3.05) is 7.11 Å². The van der Waals surface area contributed by atoms with Crippen LogP contribution in [0.2, 0.25) is 0 Å². The Bertz CT molecular complexity index is 659. The monoisotopic (exact) mass is 292 g/mol. The average molecular weight is 292 g/mol. The van der Waals surface area contributed by atoms with Crippen LogP contribution < -0.4 is 16.0 Å². The molecular weight excluding hydrogens is 274 g/mol. The molecule has 5 heteroatoms. The Balaban J connectivity index is 2.59. The van der Waals surface area contributed by atoms with Gasteiger partial charge in [-0.3, -0.25) is 5.84 Å². The second kappa shape index (κ2) is 6.20. The van der Waals surface area contributed by atoms with Crippen LogP contribution in [-0.2, 0) is 0 Å². The van der Waals surface area contributed by atoms with Crippen molar-refractivity contribution in [2.45, 2.75) is 19.9 Å². The summed E-state index contributed by atoms with van der Waals surface area (Å²) in [5.41, 5.74) is 4.91. The van der Waals surface area contributed by atoms with Gasteiger partial charge in [0.2, 0.25) is 0 Å². The quantitative estimate of drug-likeness (QED) is 0.672. The predicted molar refractivity (Wildman–Crippen MR) is 78.0 cm³/mol. The van der Waals surface area contributed by atoms with E-state index in [2.05, 4.69) is 5.43 Å². The number of nitrogens with one attached hydrogen (secondary N) is 1. The molecule has 0 fully saturated rings. The maximum Gasteiger partial charge on any atom is 0.131 e. The number of aryl methyl sites for hydroxylation is 2. The van der Waals surface area contributed by atoms with Crippen molar-refractivity contribution in [1.29, 1.82) is 0 Å². The molecule has 3 nitrogen and oxygen atoms in total. The van der Waals surface area contributed by atoms with Gasteiger partial charge in [0, 0.05) is 17.2 Å². The highest BCUT2D eigenvalue weighted by Crippen LogP contribution is 2.32. The van der Waals surface area contributed by atoms with Crippen LogP contribution in [0.15, 0.2) is 30.3 Å². The summed E-state index contributed by atoms with van der Waals surface area (Å²) in [6, 6.07) is 7.25. The summed E-state index contributed by atoms with van der Waals surface area (Å²) in [6.07, 6.45) is 0. The van der Waals surface area contributed by atoms with Crippen LogP contribution in [0.25, 0.3) is 0 Å². The third-order valence-electron chi connectivity index (χ3n) is 3.45. The highest BCUT2D eigenvalue weighted by atomic mass is 19.1. The van der Waals surface area contributed by atoms with Crippen molar-refractivity contribution in [3.05, 3.63) is 64.2 Å². The summed E-state index contributed by atoms with van der Waals surface area (Å²) in [6.45, 7) is 3.50. The van der Waals surface area contributed by atoms with E-state index >= 15 is 0 Å². The van der Waals surface area contributed by atoms with E-state index in [9.17, 15) is 8.78 Å². The van der Waals surface area contributed by atoms with Crippen LogP contribution in [0, 0.1) is 25.5 Å². The first-order chi connectivity index (χ1) is 9.97. The number of hydrazine groups is 1. The molecule has 0 saturated heterocycles. The topological polar surface area (TPSA) is 47.3 Å². The number of halogens is 2. The van der Waals surface area contributed by atoms with Gasteiger partial charge in [0.05, 0.1) is 13.2 Å². The fourth-order valence-corrected chi connectivity index (χ4v) is 2.33. The number of hydrogen-bond acceptors (Lipinski definition) is 3. The molecule has 0 aliphatic rings. The molecule has 1 atom stereocenters. The average Bonchev–Trinajstić information content (AvgIpc) is 2.45. The third-order valence-corrected chi connectivity index (χ3v) is 3.45. The predicted octanol–water partition coefficient (Wildman–Crippen LogP) is 3.14. The van der Waals surface area contributed by atoms with E-state index in [0.717, 1.165) is 11.6 Å². The highest BCUT2D eigenvalue weighted by molar-refractivity contribution is 5.44. The van der Waals surface area contributed by atoms with Gasteiger partial charge in [-0.25, -0.2) is 14.2 Å². The van der Waals surface area contributed by atoms with Gasteiger partial charge in [-0.15, -0.1) is 0 Å². The highest BCUT2D eigenvalue weighted by Gasteiger charge is 2.21. The molecule has 21 heavy (non-hydrogen) atoms. The molecule has 0 bridgehead atoms. The van der Waals surface area contributed by atoms with E-state index in [1.165, 1.54) is 13.2 Å². The Hall–Kier alpha value is -1.98. The van der Waals surface area contributed by atoms with Gasteiger partial charge in [-0.1, -0.05) is 17.7 Å². The van der Waals surface area contributed by atoms with Crippen molar-refractivity contribution in [3.8, 4) is 5.75 Å². The van der Waals surface area contributed by atoms with Crippen LogP contribution in [0.4, 0.5) is 8.78 Å². The summed E-state index contributed by atoms with van der Waals surface area (Å²) in [7, 11) is 1.54. The van der Waals surface area contributed by atoms with E-state index < -0.39 is 17.7 Å². The first-order valence-corrected chi connectivity index (χ1v) is 6.54. The first-order valence-electron chi connectivity index (χ1n) is 6.54. The van der Waals surface area contributed by atoms with E-state index in [-0.39, 0.29) is 5.56 Å². The van der Waals surface area contributed by atoms with Crippen molar-refractivity contribution in [3.63, 3.8) is 0 Å². The Kier molecular flexibility index (Phi) is 4.55. The van der Waals surface area contributed by atoms with Crippen LogP contribution in [-0.4, -0.2) is 7.11 Å². The van der Waals surface area contributed by atoms with Crippen LogP contribution in [0.3, 0.4) is 0 Å². The molecule has 112 valence electrons. The number of nitrogens with two attached hydrogens (primary N) is 1. The number of hydrogen-bond donors (Lipinski definition) is 2. The summed E-state index contributed by atoms with van der Waals surface area (Å²) in [5, 5.41) is 0. The van der Waals surface area contributed by atoms with Crippen molar-refractivity contribution >= 4 is 0 Å². The van der Waals surface area contributed by atoms with E-state index in [4.69, 9.17) is 10.6 Å². The fourth-order valence-electron chi connectivity index (χ4n) is 2.33. The second-order valence-corrected chi connectivity index (χ2v) is 4.97. The van der Waals surface area contributed by atoms with Gasteiger partial charge >= 0.3 is 0 Å². The number of rotatable bonds is 4. The lowest BCUT2D eigenvalue weighted by molar-refractivity contribution is 0.403. The van der Waals surface area contributed by atoms with Crippen LogP contribution >= 0.6 is 0 Å². The summed E-state index contributed by atoms with van der Waals surface area (Å²) < 4.78 is 32.8. The molecule has 0 aliphatic heterocycles. The Labute approximate surface area is 122 Å². The first kappa shape index (κ1) is 15.4. The van der Waals surface area contributed by atoms with Gasteiger partial charge in [-0.2, -0.15) is 0 Å². The third kappa shape index (κ3) is 3.04. The molecule has 0 amide bonds. The van der Waals surface area contributed by atoms with Gasteiger partial charge in [-0.05, 0) is 31.5 Å². The van der Waals surface area contributed by atoms with Gasteiger partial charge in [0.15, 0.2) is 0 Å². The largest absolute Gasteiger partial charge is 0.496 e. The van der Waals surface area contributed by atoms with Crippen LogP contribution in [0.5, 0.6) is 5.75 Å². The summed E-state index contributed by atoms with van der Waals surface area (Å²) in [5.74, 6) is 4.96. The zero-order valence-electron chi connectivity index (χ0n) is 12.2. The van der Waals surface area contributed by atoms with E-state index in [0.29, 0.717) is 16.9 Å². The van der Waals surface area contributed by atoms with Gasteiger partial charge < -0.3 is 4.74 Å². The second-order valence-electron chi connectivity index (χ2n) is 4.97. The normalized spacial score (nSPS) is 12.3. The molecule has 1 unspecified atom stereocenters. The van der Waals surface area contributed by atoms with Gasteiger partial charge in [0.1, 0.15) is 17.4 Å². The SMILES string of the molecule is COc1ccc(C)cc1C(NN)c1cc(C)c(F)cc1F. The number of benzene rings is 2. The molecule has 0 heterocycles.